The van der Waals surface area contributed by atoms with Crippen molar-refractivity contribution in [3.63, 3.8) is 0 Å². The summed E-state index contributed by atoms with van der Waals surface area (Å²) < 4.78 is 13.0. The maximum atomic E-state index is 13.0. The Morgan fingerprint density at radius 2 is 1.90 bits per heavy atom. The zero-order valence-corrected chi connectivity index (χ0v) is 17.5. The number of amides is 2. The van der Waals surface area contributed by atoms with E-state index < -0.39 is 0 Å². The topological polar surface area (TPSA) is 49.4 Å². The summed E-state index contributed by atoms with van der Waals surface area (Å²) in [5, 5.41) is 3.95. The molecule has 0 spiro atoms. The van der Waals surface area contributed by atoms with Crippen LogP contribution in [0.2, 0.25) is 10.0 Å². The Labute approximate surface area is 180 Å². The fraction of sp³-hybridized carbons (Fsp3) is 0.364. The molecule has 1 heterocycles. The van der Waals surface area contributed by atoms with Crippen molar-refractivity contribution < 1.29 is 14.0 Å². The number of halogens is 3. The number of rotatable bonds is 6. The average Bonchev–Trinajstić information content (AvgIpc) is 2.73. The first kappa shape index (κ1) is 21.6. The third-order valence-electron chi connectivity index (χ3n) is 5.14. The highest BCUT2D eigenvalue weighted by molar-refractivity contribution is 6.42. The molecule has 1 unspecified atom stereocenters. The van der Waals surface area contributed by atoms with Gasteiger partial charge in [-0.1, -0.05) is 47.5 Å². The van der Waals surface area contributed by atoms with Crippen LogP contribution in [-0.4, -0.2) is 36.3 Å². The number of carbonyl (C=O) groups excluding carboxylic acids is 2. The summed E-state index contributed by atoms with van der Waals surface area (Å²) in [7, 11) is 0. The Balaban J connectivity index is 1.49. The first-order chi connectivity index (χ1) is 13.9. The third kappa shape index (κ3) is 5.94. The fourth-order valence-electron chi connectivity index (χ4n) is 3.51. The molecule has 1 aliphatic heterocycles. The molecule has 2 aromatic carbocycles. The largest absolute Gasteiger partial charge is 0.355 e. The molecule has 4 nitrogen and oxygen atoms in total. The first-order valence-corrected chi connectivity index (χ1v) is 10.4. The second kappa shape index (κ2) is 10.1. The number of hydrogen-bond acceptors (Lipinski definition) is 2. The maximum absolute atomic E-state index is 13.0. The Bertz CT molecular complexity index is 874. The monoisotopic (exact) mass is 436 g/mol. The van der Waals surface area contributed by atoms with E-state index in [-0.39, 0.29) is 30.0 Å². The highest BCUT2D eigenvalue weighted by Gasteiger charge is 2.28. The van der Waals surface area contributed by atoms with Gasteiger partial charge in [0.2, 0.25) is 11.8 Å². The van der Waals surface area contributed by atoms with Crippen LogP contribution in [0.1, 0.15) is 24.0 Å². The SMILES string of the molecule is O=C(NCCc1cccc(Cl)c1Cl)C1CCCN(C(=O)Cc2ccc(F)cc2)C1. The van der Waals surface area contributed by atoms with Gasteiger partial charge in [-0.05, 0) is 48.6 Å². The van der Waals surface area contributed by atoms with Crippen molar-refractivity contribution in [3.05, 3.63) is 69.5 Å². The van der Waals surface area contributed by atoms with E-state index >= 15 is 0 Å². The van der Waals surface area contributed by atoms with E-state index in [1.165, 1.54) is 12.1 Å². The molecule has 154 valence electrons. The molecule has 1 saturated heterocycles. The van der Waals surface area contributed by atoms with E-state index in [0.717, 1.165) is 24.0 Å². The molecule has 3 rings (SSSR count). The zero-order chi connectivity index (χ0) is 20.8. The molecule has 0 radical (unpaired) electrons. The van der Waals surface area contributed by atoms with E-state index in [1.807, 2.05) is 12.1 Å². The van der Waals surface area contributed by atoms with Crippen molar-refractivity contribution >= 4 is 35.0 Å². The van der Waals surface area contributed by atoms with Crippen molar-refractivity contribution in [2.24, 2.45) is 5.92 Å². The van der Waals surface area contributed by atoms with E-state index in [2.05, 4.69) is 5.32 Å². The lowest BCUT2D eigenvalue weighted by atomic mass is 9.96. The summed E-state index contributed by atoms with van der Waals surface area (Å²) in [6, 6.07) is 11.4. The summed E-state index contributed by atoms with van der Waals surface area (Å²) in [4.78, 5) is 26.8. The molecule has 0 aliphatic carbocycles. The predicted molar refractivity (Wildman–Crippen MR) is 113 cm³/mol. The minimum Gasteiger partial charge on any atom is -0.355 e. The zero-order valence-electron chi connectivity index (χ0n) is 16.0. The Morgan fingerprint density at radius 1 is 1.14 bits per heavy atom. The van der Waals surface area contributed by atoms with Crippen molar-refractivity contribution in [2.75, 3.05) is 19.6 Å². The minimum absolute atomic E-state index is 0.0418. The van der Waals surface area contributed by atoms with Gasteiger partial charge in [-0.3, -0.25) is 9.59 Å². The number of carbonyl (C=O) groups is 2. The standard InChI is InChI=1S/C22H23Cl2FN2O2/c23-19-5-1-3-16(21(19)24)10-11-26-22(29)17-4-2-12-27(14-17)20(28)13-15-6-8-18(25)9-7-15/h1,3,5-9,17H,2,4,10-14H2,(H,26,29). The lowest BCUT2D eigenvalue weighted by molar-refractivity contribution is -0.135. The van der Waals surface area contributed by atoms with E-state index in [0.29, 0.717) is 36.1 Å². The second-order valence-corrected chi connectivity index (χ2v) is 8.02. The van der Waals surface area contributed by atoms with Gasteiger partial charge < -0.3 is 10.2 Å². The van der Waals surface area contributed by atoms with Crippen molar-refractivity contribution in [3.8, 4) is 0 Å². The van der Waals surface area contributed by atoms with Gasteiger partial charge in [0.1, 0.15) is 5.82 Å². The summed E-state index contributed by atoms with van der Waals surface area (Å²) >= 11 is 12.2. The highest BCUT2D eigenvalue weighted by Crippen LogP contribution is 2.25. The summed E-state index contributed by atoms with van der Waals surface area (Å²) in [6.07, 6.45) is 2.34. The summed E-state index contributed by atoms with van der Waals surface area (Å²) in [5.41, 5.74) is 1.65. The minimum atomic E-state index is -0.324. The van der Waals surface area contributed by atoms with Crippen LogP contribution in [-0.2, 0) is 22.4 Å². The van der Waals surface area contributed by atoms with Gasteiger partial charge in [-0.15, -0.1) is 0 Å². The normalized spacial score (nSPS) is 16.5. The van der Waals surface area contributed by atoms with Crippen LogP contribution in [0.4, 0.5) is 4.39 Å². The molecule has 1 fully saturated rings. The predicted octanol–water partition coefficient (Wildman–Crippen LogP) is 4.27. The molecule has 7 heteroatoms. The molecule has 1 atom stereocenters. The third-order valence-corrected chi connectivity index (χ3v) is 6.00. The van der Waals surface area contributed by atoms with Crippen LogP contribution in [0, 0.1) is 11.7 Å². The molecular formula is C22H23Cl2FN2O2. The quantitative estimate of drug-likeness (QED) is 0.734. The Kier molecular flexibility index (Phi) is 7.51. The molecular weight excluding hydrogens is 414 g/mol. The number of nitrogens with one attached hydrogen (secondary N) is 1. The molecule has 1 aliphatic rings. The number of benzene rings is 2. The van der Waals surface area contributed by atoms with Crippen LogP contribution in [0.5, 0.6) is 0 Å². The molecule has 0 saturated carbocycles. The number of nitrogens with zero attached hydrogens (tertiary/aromatic N) is 1. The molecule has 2 amide bonds. The van der Waals surface area contributed by atoms with E-state index in [1.54, 1.807) is 23.1 Å². The highest BCUT2D eigenvalue weighted by atomic mass is 35.5. The smallest absolute Gasteiger partial charge is 0.227 e. The van der Waals surface area contributed by atoms with Gasteiger partial charge in [-0.2, -0.15) is 0 Å². The van der Waals surface area contributed by atoms with Gasteiger partial charge >= 0.3 is 0 Å². The van der Waals surface area contributed by atoms with Crippen molar-refractivity contribution in [2.45, 2.75) is 25.7 Å². The van der Waals surface area contributed by atoms with Crippen LogP contribution in [0.15, 0.2) is 42.5 Å². The second-order valence-electron chi connectivity index (χ2n) is 7.24. The van der Waals surface area contributed by atoms with Crippen molar-refractivity contribution in [1.29, 1.82) is 0 Å². The van der Waals surface area contributed by atoms with Gasteiger partial charge in [0.05, 0.1) is 22.4 Å². The Hall–Kier alpha value is -2.11. The van der Waals surface area contributed by atoms with Crippen LogP contribution in [0.25, 0.3) is 0 Å². The summed E-state index contributed by atoms with van der Waals surface area (Å²) in [5.74, 6) is -0.645. The maximum Gasteiger partial charge on any atom is 0.227 e. The van der Waals surface area contributed by atoms with Crippen molar-refractivity contribution in [1.82, 2.24) is 10.2 Å². The number of hydrogen-bond donors (Lipinski definition) is 1. The lowest BCUT2D eigenvalue weighted by Crippen LogP contribution is -2.46. The van der Waals surface area contributed by atoms with Crippen LogP contribution >= 0.6 is 23.2 Å². The van der Waals surface area contributed by atoms with Gasteiger partial charge in [0.15, 0.2) is 0 Å². The van der Waals surface area contributed by atoms with Gasteiger partial charge in [-0.25, -0.2) is 4.39 Å². The van der Waals surface area contributed by atoms with Crippen LogP contribution < -0.4 is 5.32 Å². The average molecular weight is 437 g/mol. The Morgan fingerprint density at radius 3 is 2.66 bits per heavy atom. The summed E-state index contributed by atoms with van der Waals surface area (Å²) in [6.45, 7) is 1.50. The van der Waals surface area contributed by atoms with Gasteiger partial charge in [0.25, 0.3) is 0 Å². The number of piperidine rings is 1. The van der Waals surface area contributed by atoms with Crippen LogP contribution in [0.3, 0.4) is 0 Å². The van der Waals surface area contributed by atoms with E-state index in [4.69, 9.17) is 23.2 Å². The fourth-order valence-corrected chi connectivity index (χ4v) is 3.93. The molecule has 29 heavy (non-hydrogen) atoms. The first-order valence-electron chi connectivity index (χ1n) is 9.67. The van der Waals surface area contributed by atoms with Gasteiger partial charge in [0, 0.05) is 19.6 Å². The molecule has 0 aromatic heterocycles. The molecule has 0 bridgehead atoms. The van der Waals surface area contributed by atoms with E-state index in [9.17, 15) is 14.0 Å². The lowest BCUT2D eigenvalue weighted by Gasteiger charge is -2.32. The molecule has 2 aromatic rings. The number of likely N-dealkylation sites (tertiary alicyclic amines) is 1. The molecule has 1 N–H and O–H groups in total.